The van der Waals surface area contributed by atoms with Crippen LogP contribution in [0.1, 0.15) is 27.7 Å². The molecule has 1 heterocycles. The zero-order valence-corrected chi connectivity index (χ0v) is 15.6. The number of fused-ring (bicyclic) bond motifs is 1. The summed E-state index contributed by atoms with van der Waals surface area (Å²) < 4.78 is 38.1. The molecule has 0 spiro atoms. The molecule has 1 aromatic rings. The third kappa shape index (κ3) is 3.38. The summed E-state index contributed by atoms with van der Waals surface area (Å²) in [5.74, 6) is 0.101. The zero-order chi connectivity index (χ0) is 18.4. The molecule has 1 aromatic carbocycles. The van der Waals surface area contributed by atoms with Crippen molar-refractivity contribution < 1.29 is 22.7 Å². The molecule has 6 nitrogen and oxygen atoms in total. The Bertz CT molecular complexity index is 837. The number of sulfonamides is 1. The van der Waals surface area contributed by atoms with Crippen LogP contribution in [0, 0.1) is 17.3 Å². The lowest BCUT2D eigenvalue weighted by Crippen LogP contribution is -2.33. The fraction of sp³-hybridized carbons (Fsp3) is 0.500. The summed E-state index contributed by atoms with van der Waals surface area (Å²) in [4.78, 5) is 12.5. The van der Waals surface area contributed by atoms with Gasteiger partial charge in [0.05, 0.1) is 10.8 Å². The smallest absolute Gasteiger partial charge is 0.264 e. The lowest BCUT2D eigenvalue weighted by Gasteiger charge is -2.19. The molecule has 2 atom stereocenters. The van der Waals surface area contributed by atoms with E-state index in [1.54, 1.807) is 6.07 Å². The number of nitrogens with one attached hydrogen (secondary N) is 1. The van der Waals surface area contributed by atoms with Gasteiger partial charge in [-0.1, -0.05) is 25.5 Å². The van der Waals surface area contributed by atoms with Crippen LogP contribution in [0.5, 0.6) is 11.5 Å². The molecule has 136 valence electrons. The SMILES string of the molecule is CC(C)=CC1C(C(=O)NS(=O)(=O)c2ccc3c(c2)OCCO3)C1(C)C. The number of rotatable bonds is 4. The van der Waals surface area contributed by atoms with Crippen LogP contribution in [0.25, 0.3) is 0 Å². The van der Waals surface area contributed by atoms with E-state index >= 15 is 0 Å². The van der Waals surface area contributed by atoms with Gasteiger partial charge < -0.3 is 9.47 Å². The van der Waals surface area contributed by atoms with Crippen LogP contribution in [-0.2, 0) is 14.8 Å². The summed E-state index contributed by atoms with van der Waals surface area (Å²) in [6.45, 7) is 8.67. The third-order valence-electron chi connectivity index (χ3n) is 4.76. The molecule has 0 bridgehead atoms. The summed E-state index contributed by atoms with van der Waals surface area (Å²) >= 11 is 0. The highest BCUT2D eigenvalue weighted by atomic mass is 32.2. The summed E-state index contributed by atoms with van der Waals surface area (Å²) in [7, 11) is -3.96. The van der Waals surface area contributed by atoms with Crippen molar-refractivity contribution in [3.8, 4) is 11.5 Å². The van der Waals surface area contributed by atoms with Gasteiger partial charge in [-0.2, -0.15) is 0 Å². The Hall–Kier alpha value is -2.02. The van der Waals surface area contributed by atoms with Crippen LogP contribution in [0.2, 0.25) is 0 Å². The van der Waals surface area contributed by atoms with Crippen molar-refractivity contribution in [3.63, 3.8) is 0 Å². The van der Waals surface area contributed by atoms with Crippen molar-refractivity contribution >= 4 is 15.9 Å². The first-order valence-electron chi connectivity index (χ1n) is 8.24. The minimum Gasteiger partial charge on any atom is -0.486 e. The molecule has 1 fully saturated rings. The average Bonchev–Trinajstić information content (AvgIpc) is 3.06. The predicted octanol–water partition coefficient (Wildman–Crippen LogP) is 2.50. The van der Waals surface area contributed by atoms with Crippen molar-refractivity contribution in [3.05, 3.63) is 29.8 Å². The second-order valence-electron chi connectivity index (χ2n) is 7.34. The standard InChI is InChI=1S/C18H23NO5S/c1-11(2)9-13-16(18(13,3)4)17(20)19-25(21,22)12-5-6-14-15(10-12)24-8-7-23-14/h5-6,9-10,13,16H,7-8H2,1-4H3,(H,19,20). The first-order valence-corrected chi connectivity index (χ1v) is 9.72. The quantitative estimate of drug-likeness (QED) is 0.829. The Morgan fingerprint density at radius 3 is 2.48 bits per heavy atom. The molecule has 25 heavy (non-hydrogen) atoms. The molecule has 3 rings (SSSR count). The van der Waals surface area contributed by atoms with E-state index in [4.69, 9.17) is 9.47 Å². The molecule has 1 N–H and O–H groups in total. The Kier molecular flexibility index (Phi) is 4.31. The van der Waals surface area contributed by atoms with E-state index in [0.29, 0.717) is 24.7 Å². The number of amides is 1. The number of hydrogen-bond donors (Lipinski definition) is 1. The molecule has 2 unspecified atom stereocenters. The van der Waals surface area contributed by atoms with Gasteiger partial charge in [-0.05, 0) is 37.3 Å². The van der Waals surface area contributed by atoms with E-state index in [0.717, 1.165) is 5.57 Å². The minimum absolute atomic E-state index is 0.0117. The van der Waals surface area contributed by atoms with Crippen LogP contribution in [0.15, 0.2) is 34.7 Å². The van der Waals surface area contributed by atoms with Gasteiger partial charge in [-0.25, -0.2) is 13.1 Å². The highest BCUT2D eigenvalue weighted by Gasteiger charge is 2.60. The van der Waals surface area contributed by atoms with Crippen molar-refractivity contribution in [2.24, 2.45) is 17.3 Å². The second kappa shape index (κ2) is 6.05. The Morgan fingerprint density at radius 1 is 1.20 bits per heavy atom. The first-order chi connectivity index (χ1) is 11.6. The summed E-state index contributed by atoms with van der Waals surface area (Å²) in [6.07, 6.45) is 2.03. The Morgan fingerprint density at radius 2 is 1.84 bits per heavy atom. The maximum absolute atomic E-state index is 12.6. The van der Waals surface area contributed by atoms with Gasteiger partial charge in [0.25, 0.3) is 10.0 Å². The Labute approximate surface area is 148 Å². The second-order valence-corrected chi connectivity index (χ2v) is 9.03. The van der Waals surface area contributed by atoms with Crippen molar-refractivity contribution in [1.82, 2.24) is 4.72 Å². The van der Waals surface area contributed by atoms with Crippen LogP contribution < -0.4 is 14.2 Å². The minimum atomic E-state index is -3.96. The van der Waals surface area contributed by atoms with E-state index in [2.05, 4.69) is 4.72 Å². The number of carbonyl (C=O) groups is 1. The van der Waals surface area contributed by atoms with Gasteiger partial charge in [0, 0.05) is 6.07 Å². The first kappa shape index (κ1) is 17.8. The topological polar surface area (TPSA) is 81.7 Å². The normalized spacial score (nSPS) is 23.5. The van der Waals surface area contributed by atoms with Crippen molar-refractivity contribution in [1.29, 1.82) is 0 Å². The summed E-state index contributed by atoms with van der Waals surface area (Å²) in [5.41, 5.74) is 0.868. The van der Waals surface area contributed by atoms with E-state index < -0.39 is 15.9 Å². The van der Waals surface area contributed by atoms with Crippen LogP contribution in [0.3, 0.4) is 0 Å². The lowest BCUT2D eigenvalue weighted by atomic mass is 10.1. The predicted molar refractivity (Wildman–Crippen MR) is 93.0 cm³/mol. The van der Waals surface area contributed by atoms with Crippen LogP contribution in [0.4, 0.5) is 0 Å². The van der Waals surface area contributed by atoms with E-state index in [1.807, 2.05) is 33.8 Å². The van der Waals surface area contributed by atoms with Gasteiger partial charge in [0.15, 0.2) is 11.5 Å². The van der Waals surface area contributed by atoms with Crippen LogP contribution >= 0.6 is 0 Å². The van der Waals surface area contributed by atoms with Gasteiger partial charge in [0.2, 0.25) is 5.91 Å². The van der Waals surface area contributed by atoms with Crippen molar-refractivity contribution in [2.75, 3.05) is 13.2 Å². The van der Waals surface area contributed by atoms with E-state index in [-0.39, 0.29) is 22.1 Å². The van der Waals surface area contributed by atoms with Crippen molar-refractivity contribution in [2.45, 2.75) is 32.6 Å². The molecule has 1 aliphatic heterocycles. The molecule has 7 heteroatoms. The van der Waals surface area contributed by atoms with Crippen LogP contribution in [-0.4, -0.2) is 27.5 Å². The fourth-order valence-corrected chi connectivity index (χ4v) is 4.31. The maximum Gasteiger partial charge on any atom is 0.264 e. The molecular weight excluding hydrogens is 342 g/mol. The number of hydrogen-bond acceptors (Lipinski definition) is 5. The zero-order valence-electron chi connectivity index (χ0n) is 14.8. The molecule has 1 saturated carbocycles. The monoisotopic (exact) mass is 365 g/mol. The highest BCUT2D eigenvalue weighted by Crippen LogP contribution is 2.59. The number of allylic oxidation sites excluding steroid dienone is 2. The molecule has 1 aliphatic carbocycles. The maximum atomic E-state index is 12.6. The van der Waals surface area contributed by atoms with Gasteiger partial charge in [0.1, 0.15) is 13.2 Å². The molecular formula is C18H23NO5S. The third-order valence-corrected chi connectivity index (χ3v) is 6.11. The molecule has 0 aromatic heterocycles. The lowest BCUT2D eigenvalue weighted by molar-refractivity contribution is -0.121. The number of benzene rings is 1. The van der Waals surface area contributed by atoms with E-state index in [9.17, 15) is 13.2 Å². The summed E-state index contributed by atoms with van der Waals surface area (Å²) in [5, 5.41) is 0. The van der Waals surface area contributed by atoms with Gasteiger partial charge in [-0.15, -0.1) is 0 Å². The van der Waals surface area contributed by atoms with E-state index in [1.165, 1.54) is 12.1 Å². The van der Waals surface area contributed by atoms with Gasteiger partial charge >= 0.3 is 0 Å². The number of ether oxygens (including phenoxy) is 2. The molecule has 2 aliphatic rings. The largest absolute Gasteiger partial charge is 0.486 e. The van der Waals surface area contributed by atoms with Gasteiger partial charge in [-0.3, -0.25) is 4.79 Å². The Balaban J connectivity index is 1.78. The fourth-order valence-electron chi connectivity index (χ4n) is 3.29. The summed E-state index contributed by atoms with van der Waals surface area (Å²) in [6, 6.07) is 4.34. The highest BCUT2D eigenvalue weighted by molar-refractivity contribution is 7.90. The average molecular weight is 365 g/mol. The number of carbonyl (C=O) groups excluding carboxylic acids is 1. The molecule has 1 amide bonds. The molecule has 0 radical (unpaired) electrons. The molecule has 0 saturated heterocycles.